The zero-order chi connectivity index (χ0) is 15.7. The fourth-order valence-electron chi connectivity index (χ4n) is 2.06. The molecule has 0 bridgehead atoms. The lowest BCUT2D eigenvalue weighted by Gasteiger charge is -2.14. The number of rotatable bonds is 3. The molecule has 3 atom stereocenters. The number of aromatic nitrogens is 2. The summed E-state index contributed by atoms with van der Waals surface area (Å²) in [7, 11) is 0. The Balaban J connectivity index is 2.32. The normalized spacial score (nSPS) is 24.8. The number of ether oxygens (including phenoxy) is 2. The van der Waals surface area contributed by atoms with Gasteiger partial charge in [0.15, 0.2) is 6.10 Å². The highest BCUT2D eigenvalue weighted by atomic mass is 127. The van der Waals surface area contributed by atoms with E-state index in [1.165, 1.54) is 13.1 Å². The minimum absolute atomic E-state index is 0.0786. The van der Waals surface area contributed by atoms with Gasteiger partial charge in [0.25, 0.3) is 11.5 Å². The van der Waals surface area contributed by atoms with E-state index in [1.54, 1.807) is 22.6 Å². The molecule has 1 aromatic heterocycles. The Morgan fingerprint density at radius 2 is 2.19 bits per heavy atom. The second-order valence-electron chi connectivity index (χ2n) is 4.44. The van der Waals surface area contributed by atoms with Gasteiger partial charge >= 0.3 is 11.7 Å². The van der Waals surface area contributed by atoms with Gasteiger partial charge in [0.2, 0.25) is 0 Å². The third kappa shape index (κ3) is 3.32. The maximum Gasteiger partial charge on any atom is 0.330 e. The van der Waals surface area contributed by atoms with Crippen molar-refractivity contribution in [2.45, 2.75) is 31.8 Å². The standard InChI is InChI=1S/C11H12IN3O6/c1-4(16)20-6-2-7(21-8(6)9(13)17)15-3-5(12)10(18)14-11(15)19/h3,6-8H,2H2,1H3,(H2,13,17)(H,14,18,19)/t6-,7+,8-/m0/s1. The Hall–Kier alpha value is -1.69. The summed E-state index contributed by atoms with van der Waals surface area (Å²) < 4.78 is 11.8. The molecule has 1 aliphatic rings. The number of nitrogens with two attached hydrogens (primary N) is 1. The number of nitrogens with zero attached hydrogens (tertiary/aromatic N) is 1. The first kappa shape index (κ1) is 15.7. The number of esters is 1. The fourth-order valence-corrected chi connectivity index (χ4v) is 2.50. The van der Waals surface area contributed by atoms with E-state index in [9.17, 15) is 19.2 Å². The molecule has 21 heavy (non-hydrogen) atoms. The summed E-state index contributed by atoms with van der Waals surface area (Å²) in [5.74, 6) is -1.38. The minimum atomic E-state index is -1.14. The van der Waals surface area contributed by atoms with Gasteiger partial charge < -0.3 is 15.2 Å². The Bertz CT molecular complexity index is 696. The average molecular weight is 409 g/mol. The van der Waals surface area contributed by atoms with Gasteiger partial charge in [-0.05, 0) is 22.6 Å². The van der Waals surface area contributed by atoms with Crippen molar-refractivity contribution in [2.75, 3.05) is 0 Å². The van der Waals surface area contributed by atoms with Crippen LogP contribution in [-0.4, -0.2) is 33.6 Å². The van der Waals surface area contributed by atoms with Crippen LogP contribution in [0.2, 0.25) is 0 Å². The van der Waals surface area contributed by atoms with Crippen LogP contribution in [0.25, 0.3) is 0 Å². The van der Waals surface area contributed by atoms with Gasteiger partial charge in [-0.15, -0.1) is 0 Å². The molecule has 0 unspecified atom stereocenters. The molecule has 10 heteroatoms. The van der Waals surface area contributed by atoms with Gasteiger partial charge in [-0.25, -0.2) is 4.79 Å². The van der Waals surface area contributed by atoms with Crippen LogP contribution in [0.3, 0.4) is 0 Å². The zero-order valence-corrected chi connectivity index (χ0v) is 13.0. The molecule has 1 aromatic rings. The SMILES string of the molecule is CC(=O)O[C@H]1C[C@H](n2cc(I)c(=O)[nH]c2=O)O[C@@H]1C(N)=O. The van der Waals surface area contributed by atoms with Gasteiger partial charge in [-0.3, -0.25) is 23.9 Å². The number of aromatic amines is 1. The molecule has 0 saturated carbocycles. The molecule has 0 aromatic carbocycles. The van der Waals surface area contributed by atoms with Gasteiger partial charge in [-0.2, -0.15) is 0 Å². The van der Waals surface area contributed by atoms with E-state index in [-0.39, 0.29) is 9.99 Å². The number of hydrogen-bond acceptors (Lipinski definition) is 6. The quantitative estimate of drug-likeness (QED) is 0.478. The number of carbonyl (C=O) groups excluding carboxylic acids is 2. The molecule has 9 nitrogen and oxygen atoms in total. The topological polar surface area (TPSA) is 133 Å². The van der Waals surface area contributed by atoms with Crippen LogP contribution < -0.4 is 17.0 Å². The van der Waals surface area contributed by atoms with Crippen molar-refractivity contribution >= 4 is 34.5 Å². The van der Waals surface area contributed by atoms with Gasteiger partial charge in [0, 0.05) is 19.5 Å². The highest BCUT2D eigenvalue weighted by molar-refractivity contribution is 14.1. The van der Waals surface area contributed by atoms with E-state index in [4.69, 9.17) is 15.2 Å². The van der Waals surface area contributed by atoms with Crippen molar-refractivity contribution in [1.82, 2.24) is 9.55 Å². The Morgan fingerprint density at radius 3 is 2.76 bits per heavy atom. The third-order valence-electron chi connectivity index (χ3n) is 2.91. The summed E-state index contributed by atoms with van der Waals surface area (Å²) in [6, 6.07) is 0. The number of carbonyl (C=O) groups is 2. The number of H-pyrrole nitrogens is 1. The Morgan fingerprint density at radius 1 is 1.52 bits per heavy atom. The Kier molecular flexibility index (Phi) is 4.46. The van der Waals surface area contributed by atoms with Crippen molar-refractivity contribution in [3.05, 3.63) is 30.6 Å². The molecule has 1 aliphatic heterocycles. The van der Waals surface area contributed by atoms with Crippen LogP contribution in [0.1, 0.15) is 19.6 Å². The van der Waals surface area contributed by atoms with E-state index in [1.807, 2.05) is 0 Å². The lowest BCUT2D eigenvalue weighted by molar-refractivity contribution is -0.152. The molecule has 0 spiro atoms. The minimum Gasteiger partial charge on any atom is -0.459 e. The molecular formula is C11H12IN3O6. The molecule has 3 N–H and O–H groups in total. The monoisotopic (exact) mass is 409 g/mol. The van der Waals surface area contributed by atoms with E-state index < -0.39 is 41.6 Å². The Labute approximate surface area is 131 Å². The lowest BCUT2D eigenvalue weighted by Crippen LogP contribution is -2.38. The van der Waals surface area contributed by atoms with Gasteiger partial charge in [0.1, 0.15) is 12.3 Å². The fraction of sp³-hybridized carbons (Fsp3) is 0.455. The van der Waals surface area contributed by atoms with Crippen molar-refractivity contribution in [2.24, 2.45) is 5.73 Å². The summed E-state index contributed by atoms with van der Waals surface area (Å²) in [5, 5.41) is 0. The number of halogens is 1. The summed E-state index contributed by atoms with van der Waals surface area (Å²) >= 11 is 1.76. The number of primary amides is 1. The number of nitrogens with one attached hydrogen (secondary N) is 1. The van der Waals surface area contributed by atoms with E-state index in [0.717, 1.165) is 4.57 Å². The van der Waals surface area contributed by atoms with E-state index in [2.05, 4.69) is 4.98 Å². The van der Waals surface area contributed by atoms with Crippen molar-refractivity contribution < 1.29 is 19.1 Å². The molecule has 2 heterocycles. The maximum absolute atomic E-state index is 11.8. The highest BCUT2D eigenvalue weighted by Gasteiger charge is 2.42. The molecule has 2 rings (SSSR count). The number of amides is 1. The maximum atomic E-state index is 11.8. The molecule has 1 saturated heterocycles. The number of hydrogen-bond donors (Lipinski definition) is 2. The second kappa shape index (κ2) is 5.97. The largest absolute Gasteiger partial charge is 0.459 e. The third-order valence-corrected chi connectivity index (χ3v) is 3.68. The molecule has 0 radical (unpaired) electrons. The summed E-state index contributed by atoms with van der Waals surface area (Å²) in [5.41, 5.74) is 4.00. The lowest BCUT2D eigenvalue weighted by atomic mass is 10.1. The smallest absolute Gasteiger partial charge is 0.330 e. The van der Waals surface area contributed by atoms with Crippen LogP contribution in [-0.2, 0) is 19.1 Å². The highest BCUT2D eigenvalue weighted by Crippen LogP contribution is 2.29. The van der Waals surface area contributed by atoms with Crippen molar-refractivity contribution in [3.63, 3.8) is 0 Å². The van der Waals surface area contributed by atoms with Crippen LogP contribution in [0.15, 0.2) is 15.8 Å². The molecular weight excluding hydrogens is 397 g/mol. The summed E-state index contributed by atoms with van der Waals surface area (Å²) in [4.78, 5) is 47.6. The molecule has 1 fully saturated rings. The average Bonchev–Trinajstić information content (AvgIpc) is 2.76. The first-order chi connectivity index (χ1) is 9.79. The van der Waals surface area contributed by atoms with E-state index in [0.29, 0.717) is 0 Å². The van der Waals surface area contributed by atoms with Crippen LogP contribution in [0.5, 0.6) is 0 Å². The predicted octanol–water partition coefficient (Wildman–Crippen LogP) is -1.15. The van der Waals surface area contributed by atoms with Crippen LogP contribution in [0.4, 0.5) is 0 Å². The van der Waals surface area contributed by atoms with E-state index >= 15 is 0 Å². The van der Waals surface area contributed by atoms with Crippen molar-refractivity contribution in [3.8, 4) is 0 Å². The predicted molar refractivity (Wildman–Crippen MR) is 77.3 cm³/mol. The molecule has 114 valence electrons. The van der Waals surface area contributed by atoms with Crippen molar-refractivity contribution in [1.29, 1.82) is 0 Å². The zero-order valence-electron chi connectivity index (χ0n) is 10.9. The first-order valence-corrected chi connectivity index (χ1v) is 7.00. The van der Waals surface area contributed by atoms with Gasteiger partial charge in [-0.1, -0.05) is 0 Å². The van der Waals surface area contributed by atoms with Gasteiger partial charge in [0.05, 0.1) is 3.57 Å². The summed E-state index contributed by atoms with van der Waals surface area (Å²) in [6.07, 6.45) is -1.49. The van der Waals surface area contributed by atoms with Crippen LogP contribution >= 0.6 is 22.6 Å². The van der Waals surface area contributed by atoms with Crippen LogP contribution in [0, 0.1) is 3.57 Å². The second-order valence-corrected chi connectivity index (χ2v) is 5.60. The first-order valence-electron chi connectivity index (χ1n) is 5.92. The molecule has 0 aliphatic carbocycles. The molecule has 1 amide bonds. The summed E-state index contributed by atoms with van der Waals surface area (Å²) in [6.45, 7) is 1.19.